The molecule has 3 heterocycles. The van der Waals surface area contributed by atoms with Crippen LogP contribution in [-0.2, 0) is 11.3 Å². The zero-order chi connectivity index (χ0) is 21.7. The summed E-state index contributed by atoms with van der Waals surface area (Å²) in [6.45, 7) is 1.28. The van der Waals surface area contributed by atoms with Gasteiger partial charge in [-0.1, -0.05) is 0 Å². The minimum atomic E-state index is -4.43. The van der Waals surface area contributed by atoms with E-state index in [9.17, 15) is 18.0 Å². The minimum absolute atomic E-state index is 0.0686. The number of carbonyl (C=O) groups is 1. The van der Waals surface area contributed by atoms with Gasteiger partial charge in [0.25, 0.3) is 5.91 Å². The van der Waals surface area contributed by atoms with Gasteiger partial charge in [0.15, 0.2) is 6.61 Å². The summed E-state index contributed by atoms with van der Waals surface area (Å²) >= 11 is 0. The van der Waals surface area contributed by atoms with E-state index in [2.05, 4.69) is 20.4 Å². The molecule has 30 heavy (non-hydrogen) atoms. The highest BCUT2D eigenvalue weighted by atomic mass is 19.4. The van der Waals surface area contributed by atoms with Crippen molar-refractivity contribution in [2.24, 2.45) is 0 Å². The normalized spacial score (nSPS) is 11.6. The van der Waals surface area contributed by atoms with Gasteiger partial charge >= 0.3 is 6.18 Å². The first-order valence-electron chi connectivity index (χ1n) is 9.01. The van der Waals surface area contributed by atoms with Crippen molar-refractivity contribution in [1.82, 2.24) is 25.1 Å². The molecule has 11 heteroatoms. The Morgan fingerprint density at radius 1 is 1.30 bits per heavy atom. The van der Waals surface area contributed by atoms with Crippen molar-refractivity contribution < 1.29 is 27.4 Å². The predicted molar refractivity (Wildman–Crippen MR) is 101 cm³/mol. The van der Waals surface area contributed by atoms with Crippen LogP contribution in [0.4, 0.5) is 13.2 Å². The van der Waals surface area contributed by atoms with E-state index in [4.69, 9.17) is 9.47 Å². The van der Waals surface area contributed by atoms with Gasteiger partial charge in [0.05, 0.1) is 24.1 Å². The van der Waals surface area contributed by atoms with Crippen molar-refractivity contribution in [3.63, 3.8) is 0 Å². The molecule has 0 atom stereocenters. The van der Waals surface area contributed by atoms with E-state index in [0.29, 0.717) is 36.2 Å². The molecule has 0 spiro atoms. The van der Waals surface area contributed by atoms with Gasteiger partial charge in [-0.05, 0) is 24.6 Å². The van der Waals surface area contributed by atoms with Crippen LogP contribution in [-0.4, -0.2) is 58.7 Å². The number of alkyl halides is 3. The molecular weight excluding hydrogens is 403 g/mol. The summed E-state index contributed by atoms with van der Waals surface area (Å²) in [7, 11) is 1.54. The molecule has 3 aromatic rings. The monoisotopic (exact) mass is 423 g/mol. The Morgan fingerprint density at radius 2 is 2.10 bits per heavy atom. The zero-order valence-electron chi connectivity index (χ0n) is 16.4. The number of aromatic nitrogens is 4. The number of ether oxygens (including phenoxy) is 2. The third-order valence-electron chi connectivity index (χ3n) is 4.09. The van der Waals surface area contributed by atoms with Gasteiger partial charge in [-0.25, -0.2) is 4.98 Å². The maximum Gasteiger partial charge on any atom is 0.422 e. The lowest BCUT2D eigenvalue weighted by Crippen LogP contribution is -2.27. The van der Waals surface area contributed by atoms with Gasteiger partial charge in [-0.15, -0.1) is 0 Å². The fraction of sp³-hybridized carbons (Fsp3) is 0.368. The van der Waals surface area contributed by atoms with Crippen LogP contribution in [0.25, 0.3) is 10.9 Å². The number of halogens is 3. The number of nitrogens with zero attached hydrogens (tertiary/aromatic N) is 4. The molecule has 3 aromatic heterocycles. The van der Waals surface area contributed by atoms with Crippen LogP contribution >= 0.6 is 0 Å². The largest absolute Gasteiger partial charge is 0.468 e. The molecule has 3 rings (SSSR count). The van der Waals surface area contributed by atoms with Crippen molar-refractivity contribution in [3.05, 3.63) is 47.5 Å². The lowest BCUT2D eigenvalue weighted by Gasteiger charge is -2.11. The smallest absolute Gasteiger partial charge is 0.422 e. The second kappa shape index (κ2) is 9.08. The summed E-state index contributed by atoms with van der Waals surface area (Å²) in [4.78, 5) is 20.5. The molecule has 0 aliphatic rings. The van der Waals surface area contributed by atoms with Crippen LogP contribution < -0.4 is 10.1 Å². The molecule has 1 amide bonds. The summed E-state index contributed by atoms with van der Waals surface area (Å²) in [5.74, 6) is -0.401. The number of aryl methyl sites for hydroxylation is 1. The standard InChI is InChI=1S/C19H20F3N5O3/c1-12-7-13(8-25-18(12)30-11-19(20,21)22)9-27-10-14-15(26-27)3-4-23-16(14)17(28)24-5-6-29-2/h3-4,7-8,10H,5-6,9,11H2,1-2H3,(H,24,28). The minimum Gasteiger partial charge on any atom is -0.468 e. The number of nitrogens with one attached hydrogen (secondary N) is 1. The van der Waals surface area contributed by atoms with E-state index in [1.807, 2.05) is 0 Å². The Balaban J connectivity index is 1.75. The van der Waals surface area contributed by atoms with Crippen LogP contribution in [0.2, 0.25) is 0 Å². The fourth-order valence-corrected chi connectivity index (χ4v) is 2.80. The van der Waals surface area contributed by atoms with E-state index >= 15 is 0 Å². The molecule has 160 valence electrons. The fourth-order valence-electron chi connectivity index (χ4n) is 2.80. The van der Waals surface area contributed by atoms with Crippen LogP contribution in [0, 0.1) is 6.92 Å². The van der Waals surface area contributed by atoms with Crippen LogP contribution in [0.1, 0.15) is 21.6 Å². The van der Waals surface area contributed by atoms with Crippen molar-refractivity contribution in [3.8, 4) is 5.88 Å². The Kier molecular flexibility index (Phi) is 6.50. The van der Waals surface area contributed by atoms with Gasteiger partial charge in [0.1, 0.15) is 5.69 Å². The summed E-state index contributed by atoms with van der Waals surface area (Å²) < 4.78 is 48.2. The number of rotatable bonds is 8. The SMILES string of the molecule is COCCNC(=O)c1nccc2nn(Cc3cnc(OCC(F)(F)F)c(C)c3)cc12. The first kappa shape index (κ1) is 21.5. The number of fused-ring (bicyclic) bond motifs is 1. The number of carbonyl (C=O) groups excluding carboxylic acids is 1. The molecule has 0 saturated heterocycles. The third-order valence-corrected chi connectivity index (χ3v) is 4.09. The van der Waals surface area contributed by atoms with E-state index < -0.39 is 12.8 Å². The van der Waals surface area contributed by atoms with Crippen molar-refractivity contribution in [2.75, 3.05) is 26.9 Å². The van der Waals surface area contributed by atoms with Crippen molar-refractivity contribution in [1.29, 1.82) is 0 Å². The molecule has 0 aromatic carbocycles. The van der Waals surface area contributed by atoms with E-state index in [0.717, 1.165) is 5.56 Å². The van der Waals surface area contributed by atoms with Gasteiger partial charge in [-0.2, -0.15) is 18.3 Å². The molecule has 0 radical (unpaired) electrons. The Bertz CT molecular complexity index is 1040. The molecular formula is C19H20F3N5O3. The maximum absolute atomic E-state index is 12.3. The Morgan fingerprint density at radius 3 is 2.80 bits per heavy atom. The van der Waals surface area contributed by atoms with Gasteiger partial charge < -0.3 is 14.8 Å². The summed E-state index contributed by atoms with van der Waals surface area (Å²) in [5, 5.41) is 7.74. The Hall–Kier alpha value is -3.21. The highest BCUT2D eigenvalue weighted by Crippen LogP contribution is 2.21. The Labute approximate surface area is 170 Å². The number of hydrogen-bond acceptors (Lipinski definition) is 6. The molecule has 0 bridgehead atoms. The molecule has 1 N–H and O–H groups in total. The lowest BCUT2D eigenvalue weighted by atomic mass is 10.2. The summed E-state index contributed by atoms with van der Waals surface area (Å²) in [6, 6.07) is 3.37. The number of amides is 1. The predicted octanol–water partition coefficient (Wildman–Crippen LogP) is 2.50. The van der Waals surface area contributed by atoms with Crippen LogP contribution in [0.5, 0.6) is 5.88 Å². The topological polar surface area (TPSA) is 91.2 Å². The highest BCUT2D eigenvalue weighted by Gasteiger charge is 2.29. The van der Waals surface area contributed by atoms with Gasteiger partial charge in [-0.3, -0.25) is 14.5 Å². The molecule has 0 aliphatic heterocycles. The molecule has 0 saturated carbocycles. The first-order chi connectivity index (χ1) is 14.3. The van der Waals surface area contributed by atoms with E-state index in [-0.39, 0.29) is 17.5 Å². The van der Waals surface area contributed by atoms with Crippen molar-refractivity contribution >= 4 is 16.8 Å². The number of pyridine rings is 2. The van der Waals surface area contributed by atoms with Gasteiger partial charge in [0, 0.05) is 37.8 Å². The van der Waals surface area contributed by atoms with Crippen LogP contribution in [0.3, 0.4) is 0 Å². The van der Waals surface area contributed by atoms with E-state index in [1.165, 1.54) is 12.4 Å². The number of hydrogen-bond donors (Lipinski definition) is 1. The summed E-state index contributed by atoms with van der Waals surface area (Å²) in [6.07, 6.45) is 0.200. The molecule has 0 fully saturated rings. The number of methoxy groups -OCH3 is 1. The molecule has 8 nitrogen and oxygen atoms in total. The zero-order valence-corrected chi connectivity index (χ0v) is 16.4. The lowest BCUT2D eigenvalue weighted by molar-refractivity contribution is -0.154. The average Bonchev–Trinajstić information content (AvgIpc) is 3.09. The molecule has 0 aliphatic carbocycles. The highest BCUT2D eigenvalue weighted by molar-refractivity contribution is 6.04. The van der Waals surface area contributed by atoms with Gasteiger partial charge in [0.2, 0.25) is 5.88 Å². The average molecular weight is 423 g/mol. The van der Waals surface area contributed by atoms with E-state index in [1.54, 1.807) is 37.0 Å². The second-order valence-corrected chi connectivity index (χ2v) is 6.54. The maximum atomic E-state index is 12.3. The third kappa shape index (κ3) is 5.44. The van der Waals surface area contributed by atoms with Crippen molar-refractivity contribution in [2.45, 2.75) is 19.6 Å². The first-order valence-corrected chi connectivity index (χ1v) is 9.01. The summed E-state index contributed by atoms with van der Waals surface area (Å²) in [5.41, 5.74) is 2.05. The second-order valence-electron chi connectivity index (χ2n) is 6.54. The molecule has 0 unspecified atom stereocenters. The quantitative estimate of drug-likeness (QED) is 0.560. The van der Waals surface area contributed by atoms with Crippen LogP contribution in [0.15, 0.2) is 30.7 Å².